The molecule has 3 heteroatoms. The van der Waals surface area contributed by atoms with Crippen LogP contribution in [0.25, 0.3) is 0 Å². The van der Waals surface area contributed by atoms with Gasteiger partial charge in [-0.15, -0.1) is 0 Å². The normalized spacial score (nSPS) is 22.2. The van der Waals surface area contributed by atoms with Gasteiger partial charge in [-0.25, -0.2) is 0 Å². The Morgan fingerprint density at radius 3 is 2.64 bits per heavy atom. The molecule has 0 aromatic heterocycles. The van der Waals surface area contributed by atoms with Crippen LogP contribution in [0.1, 0.15) is 43.4 Å². The second kappa shape index (κ2) is 7.28. The number of likely N-dealkylation sites (tertiary alicyclic amines) is 1. The lowest BCUT2D eigenvalue weighted by atomic mass is 9.88. The predicted octanol–water partition coefficient (Wildman–Crippen LogP) is 3.07. The van der Waals surface area contributed by atoms with Crippen molar-refractivity contribution in [3.63, 3.8) is 0 Å². The molecular formula is C19H30N2O. The molecule has 1 saturated heterocycles. The number of hydrogen-bond acceptors (Lipinski definition) is 2. The third-order valence-corrected chi connectivity index (χ3v) is 4.60. The van der Waals surface area contributed by atoms with Crippen molar-refractivity contribution in [2.45, 2.75) is 53.0 Å². The molecule has 122 valence electrons. The van der Waals surface area contributed by atoms with E-state index in [1.54, 1.807) is 0 Å². The van der Waals surface area contributed by atoms with Crippen LogP contribution in [0.15, 0.2) is 18.2 Å². The average Bonchev–Trinajstić information content (AvgIpc) is 2.41. The highest BCUT2D eigenvalue weighted by atomic mass is 16.2. The average molecular weight is 302 g/mol. The van der Waals surface area contributed by atoms with Crippen LogP contribution >= 0.6 is 0 Å². The molecule has 1 fully saturated rings. The number of aryl methyl sites for hydroxylation is 2. The first-order valence-electron chi connectivity index (χ1n) is 8.44. The van der Waals surface area contributed by atoms with E-state index in [-0.39, 0.29) is 11.9 Å². The molecule has 1 aromatic rings. The minimum Gasteiger partial charge on any atom is -0.341 e. The zero-order chi connectivity index (χ0) is 16.3. The first-order chi connectivity index (χ1) is 10.3. The van der Waals surface area contributed by atoms with Gasteiger partial charge in [0.15, 0.2) is 0 Å². The molecule has 2 N–H and O–H groups in total. The van der Waals surface area contributed by atoms with Gasteiger partial charge in [-0.05, 0) is 55.2 Å². The number of benzene rings is 1. The van der Waals surface area contributed by atoms with E-state index in [2.05, 4.69) is 45.9 Å². The number of carbonyl (C=O) groups excluding carboxylic acids is 1. The van der Waals surface area contributed by atoms with Gasteiger partial charge in [-0.1, -0.05) is 32.0 Å². The predicted molar refractivity (Wildman–Crippen MR) is 91.7 cm³/mol. The molecule has 2 atom stereocenters. The number of piperidine rings is 1. The van der Waals surface area contributed by atoms with Crippen LogP contribution in [0.2, 0.25) is 0 Å². The SMILES string of the molecule is Cc1ccc(CC2CC(N)CN(C(=O)CC(C)C)C2)cc1C. The van der Waals surface area contributed by atoms with Gasteiger partial charge >= 0.3 is 0 Å². The Hall–Kier alpha value is -1.35. The number of rotatable bonds is 4. The van der Waals surface area contributed by atoms with E-state index in [0.717, 1.165) is 25.9 Å². The summed E-state index contributed by atoms with van der Waals surface area (Å²) >= 11 is 0. The fourth-order valence-corrected chi connectivity index (χ4v) is 3.34. The molecule has 0 saturated carbocycles. The summed E-state index contributed by atoms with van der Waals surface area (Å²) in [6.45, 7) is 10.1. The van der Waals surface area contributed by atoms with Gasteiger partial charge in [-0.3, -0.25) is 4.79 Å². The van der Waals surface area contributed by atoms with Crippen LogP contribution in [-0.2, 0) is 11.2 Å². The summed E-state index contributed by atoms with van der Waals surface area (Å²) in [6.07, 6.45) is 2.65. The maximum absolute atomic E-state index is 12.3. The Labute approximate surface area is 134 Å². The van der Waals surface area contributed by atoms with Crippen molar-refractivity contribution in [1.29, 1.82) is 0 Å². The van der Waals surface area contributed by atoms with Gasteiger partial charge in [0.05, 0.1) is 0 Å². The van der Waals surface area contributed by atoms with E-state index in [9.17, 15) is 4.79 Å². The molecular weight excluding hydrogens is 272 g/mol. The minimum atomic E-state index is 0.112. The van der Waals surface area contributed by atoms with Gasteiger partial charge in [0.1, 0.15) is 0 Å². The molecule has 3 nitrogen and oxygen atoms in total. The molecule has 2 rings (SSSR count). The van der Waals surface area contributed by atoms with E-state index in [0.29, 0.717) is 18.3 Å². The zero-order valence-corrected chi connectivity index (χ0v) is 14.4. The topological polar surface area (TPSA) is 46.3 Å². The summed E-state index contributed by atoms with van der Waals surface area (Å²) in [7, 11) is 0. The van der Waals surface area contributed by atoms with Gasteiger partial charge < -0.3 is 10.6 Å². The van der Waals surface area contributed by atoms with Gasteiger partial charge in [0.2, 0.25) is 5.91 Å². The van der Waals surface area contributed by atoms with E-state index in [1.807, 2.05) is 4.90 Å². The van der Waals surface area contributed by atoms with Crippen molar-refractivity contribution in [2.24, 2.45) is 17.6 Å². The quantitative estimate of drug-likeness (QED) is 0.929. The maximum atomic E-state index is 12.3. The van der Waals surface area contributed by atoms with E-state index in [1.165, 1.54) is 16.7 Å². The van der Waals surface area contributed by atoms with Crippen molar-refractivity contribution < 1.29 is 4.79 Å². The van der Waals surface area contributed by atoms with Gasteiger partial charge in [0.25, 0.3) is 0 Å². The Bertz CT molecular complexity index is 524. The van der Waals surface area contributed by atoms with Crippen molar-refractivity contribution >= 4 is 5.91 Å². The standard InChI is InChI=1S/C19H30N2O/c1-13(2)7-19(22)21-11-17(10-18(20)12-21)9-16-6-5-14(3)15(4)8-16/h5-6,8,13,17-18H,7,9-12,20H2,1-4H3. The molecule has 1 aliphatic rings. The van der Waals surface area contributed by atoms with Crippen LogP contribution in [0.4, 0.5) is 0 Å². The van der Waals surface area contributed by atoms with Gasteiger partial charge in [-0.2, -0.15) is 0 Å². The molecule has 22 heavy (non-hydrogen) atoms. The van der Waals surface area contributed by atoms with Crippen LogP contribution in [-0.4, -0.2) is 29.9 Å². The molecule has 2 unspecified atom stereocenters. The lowest BCUT2D eigenvalue weighted by Gasteiger charge is -2.37. The molecule has 0 spiro atoms. The molecule has 1 amide bonds. The highest BCUT2D eigenvalue weighted by molar-refractivity contribution is 5.76. The third-order valence-electron chi connectivity index (χ3n) is 4.60. The van der Waals surface area contributed by atoms with Crippen molar-refractivity contribution in [3.05, 3.63) is 34.9 Å². The lowest BCUT2D eigenvalue weighted by molar-refractivity contribution is -0.134. The minimum absolute atomic E-state index is 0.112. The highest BCUT2D eigenvalue weighted by Gasteiger charge is 2.28. The van der Waals surface area contributed by atoms with Crippen LogP contribution in [0.3, 0.4) is 0 Å². The highest BCUT2D eigenvalue weighted by Crippen LogP contribution is 2.22. The Morgan fingerprint density at radius 1 is 1.27 bits per heavy atom. The monoisotopic (exact) mass is 302 g/mol. The Kier molecular flexibility index (Phi) is 5.63. The molecule has 1 heterocycles. The lowest BCUT2D eigenvalue weighted by Crippen LogP contribution is -2.50. The second-order valence-electron chi connectivity index (χ2n) is 7.38. The van der Waals surface area contributed by atoms with Crippen LogP contribution < -0.4 is 5.73 Å². The van der Waals surface area contributed by atoms with Gasteiger partial charge in [0, 0.05) is 25.6 Å². The van der Waals surface area contributed by atoms with Crippen molar-refractivity contribution in [3.8, 4) is 0 Å². The number of nitrogens with two attached hydrogens (primary N) is 1. The summed E-state index contributed by atoms with van der Waals surface area (Å²) in [5.41, 5.74) is 10.2. The van der Waals surface area contributed by atoms with Crippen LogP contribution in [0.5, 0.6) is 0 Å². The number of nitrogens with zero attached hydrogens (tertiary/aromatic N) is 1. The largest absolute Gasteiger partial charge is 0.341 e. The third kappa shape index (κ3) is 4.57. The van der Waals surface area contributed by atoms with Crippen LogP contribution in [0, 0.1) is 25.7 Å². The zero-order valence-electron chi connectivity index (χ0n) is 14.4. The summed E-state index contributed by atoms with van der Waals surface area (Å²) in [4.78, 5) is 14.3. The summed E-state index contributed by atoms with van der Waals surface area (Å²) in [5.74, 6) is 1.14. The van der Waals surface area contributed by atoms with Crippen molar-refractivity contribution in [2.75, 3.05) is 13.1 Å². The maximum Gasteiger partial charge on any atom is 0.222 e. The molecule has 1 aromatic carbocycles. The molecule has 1 aliphatic heterocycles. The Balaban J connectivity index is 2.01. The molecule has 0 radical (unpaired) electrons. The number of hydrogen-bond donors (Lipinski definition) is 1. The fourth-order valence-electron chi connectivity index (χ4n) is 3.34. The molecule has 0 aliphatic carbocycles. The summed E-state index contributed by atoms with van der Waals surface area (Å²) in [5, 5.41) is 0. The first-order valence-corrected chi connectivity index (χ1v) is 8.44. The smallest absolute Gasteiger partial charge is 0.222 e. The van der Waals surface area contributed by atoms with E-state index in [4.69, 9.17) is 5.73 Å². The molecule has 0 bridgehead atoms. The number of amides is 1. The first kappa shape index (κ1) is 17.0. The second-order valence-corrected chi connectivity index (χ2v) is 7.38. The van der Waals surface area contributed by atoms with E-state index >= 15 is 0 Å². The van der Waals surface area contributed by atoms with Crippen molar-refractivity contribution in [1.82, 2.24) is 4.90 Å². The summed E-state index contributed by atoms with van der Waals surface area (Å²) < 4.78 is 0. The Morgan fingerprint density at radius 2 is 2.00 bits per heavy atom. The number of carbonyl (C=O) groups is 1. The summed E-state index contributed by atoms with van der Waals surface area (Å²) in [6, 6.07) is 6.79. The fraction of sp³-hybridized carbons (Fsp3) is 0.632. The van der Waals surface area contributed by atoms with E-state index < -0.39 is 0 Å².